The Kier molecular flexibility index (Phi) is 5.97. The third-order valence-electron chi connectivity index (χ3n) is 0.889. The minimum absolute atomic E-state index is 0.168. The number of ketones is 1. The van der Waals surface area contributed by atoms with Gasteiger partial charge in [0.2, 0.25) is 5.78 Å². The van der Waals surface area contributed by atoms with Crippen molar-refractivity contribution < 1.29 is 9.90 Å². The second-order valence-corrected chi connectivity index (χ2v) is 3.12. The van der Waals surface area contributed by atoms with Crippen LogP contribution < -0.4 is 0 Å². The van der Waals surface area contributed by atoms with Crippen LogP contribution in [0.5, 0.6) is 0 Å². The zero-order valence-corrected chi connectivity index (χ0v) is 8.68. The fourth-order valence-electron chi connectivity index (χ4n) is 0.347. The van der Waals surface area contributed by atoms with Crippen LogP contribution in [0.2, 0.25) is 0 Å². The van der Waals surface area contributed by atoms with Gasteiger partial charge in [0.25, 0.3) is 0 Å². The van der Waals surface area contributed by atoms with Crippen molar-refractivity contribution in [2.75, 3.05) is 6.61 Å². The molecule has 0 saturated carbocycles. The first-order chi connectivity index (χ1) is 5.54. The maximum Gasteiger partial charge on any atom is 0.217 e. The molecule has 0 aliphatic carbocycles. The first-order valence-electron chi connectivity index (χ1n) is 2.70. The van der Waals surface area contributed by atoms with Crippen molar-refractivity contribution in [3.8, 4) is 0 Å². The van der Waals surface area contributed by atoms with Gasteiger partial charge in [0.05, 0.1) is 11.6 Å². The lowest BCUT2D eigenvalue weighted by atomic mass is 10.3. The summed E-state index contributed by atoms with van der Waals surface area (Å²) in [6.07, 6.45) is 0. The molecular formula is C6H4Cl4O2. The third kappa shape index (κ3) is 3.33. The molecule has 0 amide bonds. The molecule has 0 unspecified atom stereocenters. The number of rotatable bonds is 3. The van der Waals surface area contributed by atoms with Crippen molar-refractivity contribution in [1.29, 1.82) is 0 Å². The number of Topliss-reactive ketones (excluding diaryl/α,β-unsaturated/α-hetero) is 1. The number of hydrogen-bond donors (Lipinski definition) is 1. The molecule has 12 heavy (non-hydrogen) atoms. The van der Waals surface area contributed by atoms with Gasteiger partial charge in [-0.15, -0.1) is 0 Å². The van der Waals surface area contributed by atoms with Crippen LogP contribution in [0.25, 0.3) is 0 Å². The summed E-state index contributed by atoms with van der Waals surface area (Å²) in [6, 6.07) is 0. The zero-order chi connectivity index (χ0) is 9.72. The Morgan fingerprint density at radius 1 is 1.33 bits per heavy atom. The summed E-state index contributed by atoms with van der Waals surface area (Å²) in [6.45, 7) is -0.515. The van der Waals surface area contributed by atoms with Crippen molar-refractivity contribution in [2.45, 2.75) is 0 Å². The average Bonchev–Trinajstić information content (AvgIpc) is 2.12. The van der Waals surface area contributed by atoms with E-state index in [-0.39, 0.29) is 15.1 Å². The summed E-state index contributed by atoms with van der Waals surface area (Å²) in [5.41, 5.74) is 0.869. The molecule has 0 bridgehead atoms. The summed E-state index contributed by atoms with van der Waals surface area (Å²) in [7, 11) is 0. The van der Waals surface area contributed by atoms with Crippen LogP contribution in [0.3, 0.4) is 0 Å². The van der Waals surface area contributed by atoms with Gasteiger partial charge in [-0.1, -0.05) is 46.4 Å². The molecule has 0 aliphatic heterocycles. The standard InChI is InChI=1S/C6H4Cl4O2/c7-1-3(8)6(12)5(10)4(9)2-11/h1,11H,2H2. The summed E-state index contributed by atoms with van der Waals surface area (Å²) in [5, 5.41) is 7.73. The molecule has 68 valence electrons. The second kappa shape index (κ2) is 5.84. The molecule has 0 atom stereocenters. The topological polar surface area (TPSA) is 37.3 Å². The number of halogens is 4. The fourth-order valence-corrected chi connectivity index (χ4v) is 0.836. The van der Waals surface area contributed by atoms with E-state index in [9.17, 15) is 4.79 Å². The van der Waals surface area contributed by atoms with Gasteiger partial charge in [-0.3, -0.25) is 4.79 Å². The van der Waals surface area contributed by atoms with E-state index >= 15 is 0 Å². The van der Waals surface area contributed by atoms with Crippen molar-refractivity contribution >= 4 is 52.2 Å². The highest BCUT2D eigenvalue weighted by Gasteiger charge is 2.14. The fraction of sp³-hybridized carbons (Fsp3) is 0.167. The average molecular weight is 250 g/mol. The SMILES string of the molecule is O=C(C(Cl)=CCl)C(Cl)=C(Cl)CO. The van der Waals surface area contributed by atoms with Crippen LogP contribution in [0, 0.1) is 0 Å². The lowest BCUT2D eigenvalue weighted by Crippen LogP contribution is -2.00. The number of hydrogen-bond acceptors (Lipinski definition) is 2. The lowest BCUT2D eigenvalue weighted by molar-refractivity contribution is -0.111. The van der Waals surface area contributed by atoms with Gasteiger partial charge in [-0.05, 0) is 0 Å². The summed E-state index contributed by atoms with van der Waals surface area (Å²) in [4.78, 5) is 11.0. The van der Waals surface area contributed by atoms with Gasteiger partial charge in [0.1, 0.15) is 10.1 Å². The summed E-state index contributed by atoms with van der Waals surface area (Å²) in [5.74, 6) is -0.715. The van der Waals surface area contributed by atoms with Crippen molar-refractivity contribution in [3.05, 3.63) is 20.6 Å². The molecule has 0 aromatic heterocycles. The molecule has 0 spiro atoms. The minimum Gasteiger partial charge on any atom is -0.391 e. The Bertz CT molecular complexity index is 244. The Morgan fingerprint density at radius 2 is 1.83 bits per heavy atom. The van der Waals surface area contributed by atoms with Crippen LogP contribution >= 0.6 is 46.4 Å². The van der Waals surface area contributed by atoms with Gasteiger partial charge < -0.3 is 5.11 Å². The summed E-state index contributed by atoms with van der Waals surface area (Å²) < 4.78 is 0. The van der Waals surface area contributed by atoms with E-state index in [1.54, 1.807) is 0 Å². The molecule has 1 N–H and O–H groups in total. The van der Waals surface area contributed by atoms with Crippen LogP contribution in [-0.2, 0) is 4.79 Å². The van der Waals surface area contributed by atoms with Crippen LogP contribution in [-0.4, -0.2) is 17.5 Å². The smallest absolute Gasteiger partial charge is 0.217 e. The van der Waals surface area contributed by atoms with Gasteiger partial charge in [-0.2, -0.15) is 0 Å². The predicted octanol–water partition coefficient (Wildman–Crippen LogP) is 2.56. The molecule has 2 nitrogen and oxygen atoms in total. The van der Waals surface area contributed by atoms with Crippen LogP contribution in [0.1, 0.15) is 0 Å². The second-order valence-electron chi connectivity index (χ2n) is 1.66. The van der Waals surface area contributed by atoms with E-state index in [1.165, 1.54) is 0 Å². The molecule has 0 aromatic rings. The number of carbonyl (C=O) groups excluding carboxylic acids is 1. The van der Waals surface area contributed by atoms with E-state index in [1.807, 2.05) is 0 Å². The third-order valence-corrected chi connectivity index (χ3v) is 2.30. The van der Waals surface area contributed by atoms with E-state index in [4.69, 9.17) is 51.5 Å². The number of aliphatic hydroxyl groups excluding tert-OH is 1. The molecule has 0 saturated heterocycles. The highest BCUT2D eigenvalue weighted by Crippen LogP contribution is 2.20. The molecule has 0 radical (unpaired) electrons. The maximum atomic E-state index is 11.0. The quantitative estimate of drug-likeness (QED) is 0.781. The van der Waals surface area contributed by atoms with E-state index < -0.39 is 12.4 Å². The Balaban J connectivity index is 4.73. The van der Waals surface area contributed by atoms with Crippen LogP contribution in [0.15, 0.2) is 20.6 Å². The number of aliphatic hydroxyl groups is 1. The molecule has 0 aliphatic rings. The maximum absolute atomic E-state index is 11.0. The Labute approximate surface area is 89.4 Å². The normalized spacial score (nSPS) is 14.2. The number of allylic oxidation sites excluding steroid dienone is 2. The first kappa shape index (κ1) is 12.3. The highest BCUT2D eigenvalue weighted by molar-refractivity contribution is 6.58. The largest absolute Gasteiger partial charge is 0.391 e. The molecule has 6 heteroatoms. The molecule has 0 heterocycles. The van der Waals surface area contributed by atoms with Gasteiger partial charge in [0, 0.05) is 5.54 Å². The van der Waals surface area contributed by atoms with Gasteiger partial charge >= 0.3 is 0 Å². The molecule has 0 aromatic carbocycles. The first-order valence-corrected chi connectivity index (χ1v) is 4.27. The minimum atomic E-state index is -0.715. The van der Waals surface area contributed by atoms with Crippen LogP contribution in [0.4, 0.5) is 0 Å². The molecule has 0 rings (SSSR count). The summed E-state index contributed by atoms with van der Waals surface area (Å²) >= 11 is 21.2. The van der Waals surface area contributed by atoms with E-state index in [0.717, 1.165) is 5.54 Å². The monoisotopic (exact) mass is 248 g/mol. The predicted molar refractivity (Wildman–Crippen MR) is 50.6 cm³/mol. The molecular weight excluding hydrogens is 246 g/mol. The van der Waals surface area contributed by atoms with Crippen molar-refractivity contribution in [2.24, 2.45) is 0 Å². The Hall–Kier alpha value is 0.270. The van der Waals surface area contributed by atoms with E-state index in [2.05, 4.69) is 0 Å². The van der Waals surface area contributed by atoms with E-state index in [0.29, 0.717) is 0 Å². The number of carbonyl (C=O) groups is 1. The zero-order valence-electron chi connectivity index (χ0n) is 5.65. The van der Waals surface area contributed by atoms with Gasteiger partial charge in [-0.25, -0.2) is 0 Å². The lowest BCUT2D eigenvalue weighted by Gasteiger charge is -1.97. The highest BCUT2D eigenvalue weighted by atomic mass is 35.5. The van der Waals surface area contributed by atoms with Gasteiger partial charge in [0.15, 0.2) is 0 Å². The van der Waals surface area contributed by atoms with Crippen molar-refractivity contribution in [1.82, 2.24) is 0 Å². The van der Waals surface area contributed by atoms with Crippen molar-refractivity contribution in [3.63, 3.8) is 0 Å². The Morgan fingerprint density at radius 3 is 2.17 bits per heavy atom. The molecule has 0 fully saturated rings.